The van der Waals surface area contributed by atoms with E-state index in [-0.39, 0.29) is 11.9 Å². The molecule has 4 aromatic rings. The molecule has 150 valence electrons. The van der Waals surface area contributed by atoms with Crippen LogP contribution in [0.2, 0.25) is 0 Å². The summed E-state index contributed by atoms with van der Waals surface area (Å²) in [5, 5.41) is 4.03. The summed E-state index contributed by atoms with van der Waals surface area (Å²) in [7, 11) is 1.84. The topological polar surface area (TPSA) is 59.2 Å². The summed E-state index contributed by atoms with van der Waals surface area (Å²) in [5.41, 5.74) is 3.04. The van der Waals surface area contributed by atoms with E-state index < -0.39 is 0 Å². The second kappa shape index (κ2) is 9.18. The van der Waals surface area contributed by atoms with Crippen molar-refractivity contribution in [3.63, 3.8) is 0 Å². The van der Waals surface area contributed by atoms with Gasteiger partial charge in [0, 0.05) is 25.5 Å². The van der Waals surface area contributed by atoms with Crippen molar-refractivity contribution in [3.8, 4) is 11.4 Å². The van der Waals surface area contributed by atoms with Crippen LogP contribution in [0.15, 0.2) is 95.5 Å². The average molecular weight is 397 g/mol. The number of rotatable bonds is 7. The van der Waals surface area contributed by atoms with Crippen LogP contribution in [0, 0.1) is 0 Å². The number of carbonyl (C=O) groups excluding carboxylic acids is 1. The lowest BCUT2D eigenvalue weighted by atomic mass is 9.97. The van der Waals surface area contributed by atoms with Gasteiger partial charge < -0.3 is 9.42 Å². The maximum Gasteiger partial charge on any atom is 0.227 e. The Bertz CT molecular complexity index is 1040. The summed E-state index contributed by atoms with van der Waals surface area (Å²) < 4.78 is 5.35. The molecule has 0 saturated heterocycles. The van der Waals surface area contributed by atoms with E-state index in [1.807, 2.05) is 98.0 Å². The molecule has 0 spiro atoms. The fourth-order valence-corrected chi connectivity index (χ4v) is 3.51. The highest BCUT2D eigenvalue weighted by Gasteiger charge is 2.23. The van der Waals surface area contributed by atoms with Crippen LogP contribution >= 0.6 is 0 Å². The molecule has 0 atom stereocenters. The highest BCUT2D eigenvalue weighted by molar-refractivity contribution is 5.77. The van der Waals surface area contributed by atoms with Crippen molar-refractivity contribution in [2.24, 2.45) is 0 Å². The molecule has 0 N–H and O–H groups in total. The molecule has 0 saturated carbocycles. The Hall–Kier alpha value is -3.73. The van der Waals surface area contributed by atoms with Crippen molar-refractivity contribution in [1.82, 2.24) is 15.0 Å². The zero-order valence-electron chi connectivity index (χ0n) is 16.8. The van der Waals surface area contributed by atoms with Gasteiger partial charge >= 0.3 is 0 Å². The quantitative estimate of drug-likeness (QED) is 0.444. The largest absolute Gasteiger partial charge is 0.339 e. The maximum atomic E-state index is 13.0. The van der Waals surface area contributed by atoms with Crippen molar-refractivity contribution in [2.75, 3.05) is 7.05 Å². The van der Waals surface area contributed by atoms with Gasteiger partial charge in [-0.1, -0.05) is 96.2 Å². The lowest BCUT2D eigenvalue weighted by Gasteiger charge is -2.29. The Kier molecular flexibility index (Phi) is 5.99. The van der Waals surface area contributed by atoms with Crippen LogP contribution in [0.25, 0.3) is 11.4 Å². The predicted molar refractivity (Wildman–Crippen MR) is 116 cm³/mol. The molecule has 4 rings (SSSR count). The second-order valence-corrected chi connectivity index (χ2v) is 7.11. The molecule has 1 heterocycles. The molecule has 0 bridgehead atoms. The van der Waals surface area contributed by atoms with Gasteiger partial charge in [0.25, 0.3) is 0 Å². The Morgan fingerprint density at radius 1 is 0.867 bits per heavy atom. The van der Waals surface area contributed by atoms with Crippen LogP contribution in [0.4, 0.5) is 0 Å². The lowest BCUT2D eigenvalue weighted by Crippen LogP contribution is -2.32. The number of nitrogens with zero attached hydrogens (tertiary/aromatic N) is 3. The summed E-state index contributed by atoms with van der Waals surface area (Å²) in [6, 6.07) is 29.6. The Labute approximate surface area is 176 Å². The van der Waals surface area contributed by atoms with Crippen molar-refractivity contribution in [2.45, 2.75) is 18.9 Å². The third-order valence-electron chi connectivity index (χ3n) is 5.06. The first-order valence-electron chi connectivity index (χ1n) is 9.96. The first-order chi connectivity index (χ1) is 14.7. The Morgan fingerprint density at radius 2 is 1.40 bits per heavy atom. The molecule has 0 aliphatic rings. The minimum Gasteiger partial charge on any atom is -0.339 e. The fourth-order valence-electron chi connectivity index (χ4n) is 3.51. The van der Waals surface area contributed by atoms with Gasteiger partial charge in [-0.15, -0.1) is 0 Å². The molecule has 0 aliphatic heterocycles. The molecule has 1 amide bonds. The number of aryl methyl sites for hydroxylation is 1. The lowest BCUT2D eigenvalue weighted by molar-refractivity contribution is -0.131. The van der Waals surface area contributed by atoms with Crippen molar-refractivity contribution in [3.05, 3.63) is 108 Å². The predicted octanol–water partition coefficient (Wildman–Crippen LogP) is 4.92. The van der Waals surface area contributed by atoms with E-state index in [4.69, 9.17) is 4.52 Å². The van der Waals surface area contributed by atoms with Gasteiger partial charge in [-0.05, 0) is 11.1 Å². The van der Waals surface area contributed by atoms with E-state index in [9.17, 15) is 4.79 Å². The van der Waals surface area contributed by atoms with Gasteiger partial charge in [-0.25, -0.2) is 0 Å². The fraction of sp³-hybridized carbons (Fsp3) is 0.160. The van der Waals surface area contributed by atoms with Gasteiger partial charge in [0.05, 0.1) is 6.04 Å². The zero-order valence-corrected chi connectivity index (χ0v) is 16.8. The first-order valence-corrected chi connectivity index (χ1v) is 9.96. The second-order valence-electron chi connectivity index (χ2n) is 7.11. The number of amides is 1. The molecule has 5 heteroatoms. The summed E-state index contributed by atoms with van der Waals surface area (Å²) in [6.45, 7) is 0. The summed E-state index contributed by atoms with van der Waals surface area (Å²) in [6.07, 6.45) is 0.697. The van der Waals surface area contributed by atoms with Gasteiger partial charge in [-0.3, -0.25) is 4.79 Å². The van der Waals surface area contributed by atoms with E-state index in [2.05, 4.69) is 10.1 Å². The first kappa shape index (κ1) is 19.6. The molecule has 1 aromatic heterocycles. The third kappa shape index (κ3) is 4.46. The van der Waals surface area contributed by atoms with Crippen LogP contribution < -0.4 is 0 Å². The van der Waals surface area contributed by atoms with E-state index >= 15 is 0 Å². The van der Waals surface area contributed by atoms with Gasteiger partial charge in [0.15, 0.2) is 0 Å². The zero-order chi connectivity index (χ0) is 20.8. The van der Waals surface area contributed by atoms with Gasteiger partial charge in [0.2, 0.25) is 17.6 Å². The summed E-state index contributed by atoms with van der Waals surface area (Å²) >= 11 is 0. The monoisotopic (exact) mass is 397 g/mol. The van der Waals surface area contributed by atoms with Crippen LogP contribution in [-0.2, 0) is 11.2 Å². The van der Waals surface area contributed by atoms with E-state index in [0.29, 0.717) is 24.6 Å². The number of benzene rings is 3. The van der Waals surface area contributed by atoms with Gasteiger partial charge in [-0.2, -0.15) is 4.98 Å². The molecule has 30 heavy (non-hydrogen) atoms. The smallest absolute Gasteiger partial charge is 0.227 e. The minimum atomic E-state index is -0.150. The van der Waals surface area contributed by atoms with E-state index in [1.54, 1.807) is 4.90 Å². The highest BCUT2D eigenvalue weighted by atomic mass is 16.5. The number of aromatic nitrogens is 2. The summed E-state index contributed by atoms with van der Waals surface area (Å²) in [4.78, 5) is 19.2. The van der Waals surface area contributed by atoms with Crippen LogP contribution in [-0.4, -0.2) is 28.0 Å². The molecular formula is C25H23N3O2. The number of hydrogen-bond donors (Lipinski definition) is 0. The van der Waals surface area contributed by atoms with Crippen molar-refractivity contribution in [1.29, 1.82) is 0 Å². The third-order valence-corrected chi connectivity index (χ3v) is 5.06. The minimum absolute atomic E-state index is 0.0205. The Balaban J connectivity index is 1.47. The average Bonchev–Trinajstić information content (AvgIpc) is 3.29. The van der Waals surface area contributed by atoms with E-state index in [0.717, 1.165) is 16.7 Å². The summed E-state index contributed by atoms with van der Waals surface area (Å²) in [5.74, 6) is 1.02. The highest BCUT2D eigenvalue weighted by Crippen LogP contribution is 2.28. The van der Waals surface area contributed by atoms with Gasteiger partial charge in [0.1, 0.15) is 0 Å². The normalized spacial score (nSPS) is 10.9. The Morgan fingerprint density at radius 3 is 1.97 bits per heavy atom. The molecule has 3 aromatic carbocycles. The number of carbonyl (C=O) groups is 1. The van der Waals surface area contributed by atoms with Crippen LogP contribution in [0.3, 0.4) is 0 Å². The SMILES string of the molecule is CN(C(=O)CCc1nc(-c2ccccc2)no1)C(c1ccccc1)c1ccccc1. The number of hydrogen-bond acceptors (Lipinski definition) is 4. The molecule has 0 fully saturated rings. The molecule has 0 radical (unpaired) electrons. The van der Waals surface area contributed by atoms with E-state index in [1.165, 1.54) is 0 Å². The maximum absolute atomic E-state index is 13.0. The molecule has 5 nitrogen and oxygen atoms in total. The molecule has 0 unspecified atom stereocenters. The molecule has 0 aliphatic carbocycles. The molecular weight excluding hydrogens is 374 g/mol. The van der Waals surface area contributed by atoms with Crippen LogP contribution in [0.5, 0.6) is 0 Å². The van der Waals surface area contributed by atoms with Crippen molar-refractivity contribution >= 4 is 5.91 Å². The van der Waals surface area contributed by atoms with Crippen LogP contribution in [0.1, 0.15) is 29.5 Å². The van der Waals surface area contributed by atoms with Crippen molar-refractivity contribution < 1.29 is 9.32 Å². The standard InChI is InChI=1S/C25H23N3O2/c1-28(24(19-11-5-2-6-12-19)20-13-7-3-8-14-20)23(29)18-17-22-26-25(27-30-22)21-15-9-4-10-16-21/h2-16,24H,17-18H2,1H3.